The van der Waals surface area contributed by atoms with Crippen molar-refractivity contribution in [1.82, 2.24) is 0 Å². The predicted octanol–water partition coefficient (Wildman–Crippen LogP) is 4.90. The van der Waals surface area contributed by atoms with Crippen molar-refractivity contribution < 1.29 is 0 Å². The lowest BCUT2D eigenvalue weighted by Gasteiger charge is -2.10. The van der Waals surface area contributed by atoms with Crippen molar-refractivity contribution in [2.45, 2.75) is 19.5 Å². The number of azide groups is 2. The van der Waals surface area contributed by atoms with E-state index in [-0.39, 0.29) is 0 Å². The Morgan fingerprint density at radius 1 is 0.667 bits per heavy atom. The van der Waals surface area contributed by atoms with E-state index in [4.69, 9.17) is 11.1 Å². The van der Waals surface area contributed by atoms with Gasteiger partial charge in [0.15, 0.2) is 0 Å². The van der Waals surface area contributed by atoms with Crippen LogP contribution in [0, 0.1) is 0 Å². The van der Waals surface area contributed by atoms with Gasteiger partial charge in [-0.1, -0.05) is 58.8 Å². The van der Waals surface area contributed by atoms with Gasteiger partial charge in [-0.3, -0.25) is 0 Å². The molecule has 0 aliphatic rings. The van der Waals surface area contributed by atoms with E-state index < -0.39 is 0 Å². The number of nitrogens with zero attached hydrogens (tertiary/aromatic N) is 6. The zero-order chi connectivity index (χ0) is 14.9. The molecule has 0 bridgehead atoms. The predicted molar refractivity (Wildman–Crippen MR) is 81.4 cm³/mol. The molecule has 2 rings (SSSR count). The lowest BCUT2D eigenvalue weighted by Crippen LogP contribution is -1.98. The molecule has 0 spiro atoms. The summed E-state index contributed by atoms with van der Waals surface area (Å²) in [5.41, 5.74) is 21.2. The van der Waals surface area contributed by atoms with E-state index in [1.807, 2.05) is 48.5 Å². The summed E-state index contributed by atoms with van der Waals surface area (Å²) in [7, 11) is 0. The van der Waals surface area contributed by atoms with E-state index >= 15 is 0 Å². The fourth-order valence-corrected chi connectivity index (χ4v) is 2.19. The van der Waals surface area contributed by atoms with Crippen LogP contribution in [0.5, 0.6) is 0 Å². The first-order chi connectivity index (χ1) is 10.3. The van der Waals surface area contributed by atoms with Gasteiger partial charge in [-0.25, -0.2) is 0 Å². The summed E-state index contributed by atoms with van der Waals surface area (Å²) in [5.74, 6) is 0. The van der Waals surface area contributed by atoms with Crippen LogP contribution in [-0.4, -0.2) is 0 Å². The zero-order valence-corrected chi connectivity index (χ0v) is 11.4. The van der Waals surface area contributed by atoms with Crippen molar-refractivity contribution in [1.29, 1.82) is 0 Å². The third-order valence-electron chi connectivity index (χ3n) is 3.23. The molecule has 0 amide bonds. The molecule has 2 aromatic rings. The van der Waals surface area contributed by atoms with Crippen LogP contribution >= 0.6 is 0 Å². The number of hydrogen-bond donors (Lipinski definition) is 0. The Morgan fingerprint density at radius 2 is 1.05 bits per heavy atom. The highest BCUT2D eigenvalue weighted by Crippen LogP contribution is 2.19. The summed E-state index contributed by atoms with van der Waals surface area (Å²) in [6.07, 6.45) is 0.717. The van der Waals surface area contributed by atoms with Crippen molar-refractivity contribution in [2.75, 3.05) is 0 Å². The minimum absolute atomic E-state index is 0.338. The largest absolute Gasteiger partial charge is 0.0893 e. The number of benzene rings is 2. The highest BCUT2D eigenvalue weighted by atomic mass is 15.1. The van der Waals surface area contributed by atoms with E-state index in [2.05, 4.69) is 20.1 Å². The van der Waals surface area contributed by atoms with Crippen LogP contribution in [0.3, 0.4) is 0 Å². The molecule has 21 heavy (non-hydrogen) atoms. The van der Waals surface area contributed by atoms with Gasteiger partial charge in [-0.15, -0.1) is 0 Å². The maximum atomic E-state index is 8.46. The van der Waals surface area contributed by atoms with E-state index in [0.29, 0.717) is 19.5 Å². The lowest BCUT2D eigenvalue weighted by atomic mass is 9.96. The minimum atomic E-state index is 0.338. The summed E-state index contributed by atoms with van der Waals surface area (Å²) >= 11 is 0. The molecule has 0 atom stereocenters. The molecule has 0 aliphatic carbocycles. The van der Waals surface area contributed by atoms with Gasteiger partial charge in [0.05, 0.1) is 13.1 Å². The fourth-order valence-electron chi connectivity index (χ4n) is 2.19. The topological polar surface area (TPSA) is 97.5 Å². The Balaban J connectivity index is 2.30. The zero-order valence-electron chi connectivity index (χ0n) is 11.4. The van der Waals surface area contributed by atoms with Gasteiger partial charge in [0.2, 0.25) is 0 Å². The van der Waals surface area contributed by atoms with Crippen molar-refractivity contribution >= 4 is 0 Å². The maximum absolute atomic E-state index is 8.46. The standard InChI is InChI=1S/C15H14N6/c16-20-18-10-14-7-3-1-5-12(14)9-13-6-2-4-8-15(13)11-19-21-17/h1-8H,9-11H2. The highest BCUT2D eigenvalue weighted by molar-refractivity contribution is 5.36. The molecule has 0 N–H and O–H groups in total. The summed E-state index contributed by atoms with van der Waals surface area (Å²) in [5, 5.41) is 7.26. The molecule has 0 aromatic heterocycles. The third-order valence-corrected chi connectivity index (χ3v) is 3.23. The quantitative estimate of drug-likeness (QED) is 0.408. The molecule has 0 unspecified atom stereocenters. The van der Waals surface area contributed by atoms with Crippen LogP contribution in [0.25, 0.3) is 20.9 Å². The van der Waals surface area contributed by atoms with Crippen LogP contribution < -0.4 is 0 Å². The van der Waals surface area contributed by atoms with Gasteiger partial charge in [0, 0.05) is 9.82 Å². The van der Waals surface area contributed by atoms with E-state index in [9.17, 15) is 0 Å². The number of hydrogen-bond acceptors (Lipinski definition) is 2. The van der Waals surface area contributed by atoms with Crippen molar-refractivity contribution in [3.05, 3.63) is 91.7 Å². The smallest absolute Gasteiger partial charge is 0.0513 e. The van der Waals surface area contributed by atoms with Gasteiger partial charge < -0.3 is 0 Å². The van der Waals surface area contributed by atoms with Gasteiger partial charge in [-0.2, -0.15) is 0 Å². The summed E-state index contributed by atoms with van der Waals surface area (Å²) in [4.78, 5) is 5.61. The van der Waals surface area contributed by atoms with Crippen LogP contribution in [0.15, 0.2) is 58.8 Å². The first kappa shape index (κ1) is 14.5. The Labute approximate surface area is 122 Å². The van der Waals surface area contributed by atoms with E-state index in [1.165, 1.54) is 0 Å². The Bertz CT molecular complexity index is 650. The van der Waals surface area contributed by atoms with E-state index in [1.54, 1.807) is 0 Å². The molecule has 0 aliphatic heterocycles. The molecule has 0 fully saturated rings. The monoisotopic (exact) mass is 278 g/mol. The minimum Gasteiger partial charge on any atom is -0.0893 e. The SMILES string of the molecule is [N-]=[N+]=NCc1ccccc1Cc1ccccc1CN=[N+]=[N-]. The molecule has 104 valence electrons. The van der Waals surface area contributed by atoms with E-state index in [0.717, 1.165) is 22.3 Å². The van der Waals surface area contributed by atoms with Gasteiger partial charge in [0.25, 0.3) is 0 Å². The van der Waals surface area contributed by atoms with Crippen LogP contribution in [-0.2, 0) is 19.5 Å². The molecule has 0 saturated carbocycles. The van der Waals surface area contributed by atoms with Crippen LogP contribution in [0.1, 0.15) is 22.3 Å². The van der Waals surface area contributed by atoms with Crippen LogP contribution in [0.2, 0.25) is 0 Å². The second-order valence-electron chi connectivity index (χ2n) is 4.49. The summed E-state index contributed by atoms with van der Waals surface area (Å²) < 4.78 is 0. The molecule has 2 aromatic carbocycles. The first-order valence-electron chi connectivity index (χ1n) is 6.50. The number of rotatable bonds is 6. The van der Waals surface area contributed by atoms with Gasteiger partial charge >= 0.3 is 0 Å². The average molecular weight is 278 g/mol. The fraction of sp³-hybridized carbons (Fsp3) is 0.200. The summed E-state index contributed by atoms with van der Waals surface area (Å²) in [6.45, 7) is 0.677. The molecule has 6 nitrogen and oxygen atoms in total. The van der Waals surface area contributed by atoms with Crippen molar-refractivity contribution in [2.24, 2.45) is 10.2 Å². The second kappa shape index (κ2) is 7.60. The Morgan fingerprint density at radius 3 is 1.43 bits per heavy atom. The van der Waals surface area contributed by atoms with Crippen molar-refractivity contribution in [3.63, 3.8) is 0 Å². The van der Waals surface area contributed by atoms with Crippen molar-refractivity contribution in [3.8, 4) is 0 Å². The second-order valence-corrected chi connectivity index (χ2v) is 4.49. The molecule has 0 heterocycles. The first-order valence-corrected chi connectivity index (χ1v) is 6.50. The normalized spacial score (nSPS) is 9.52. The average Bonchev–Trinajstić information content (AvgIpc) is 2.53. The highest BCUT2D eigenvalue weighted by Gasteiger charge is 2.05. The van der Waals surface area contributed by atoms with Crippen LogP contribution in [0.4, 0.5) is 0 Å². The Hall–Kier alpha value is -2.94. The molecule has 6 heteroatoms. The Kier molecular flexibility index (Phi) is 5.24. The van der Waals surface area contributed by atoms with Gasteiger partial charge in [-0.05, 0) is 39.7 Å². The maximum Gasteiger partial charge on any atom is 0.0513 e. The summed E-state index contributed by atoms with van der Waals surface area (Å²) in [6, 6.07) is 15.7. The molecule has 0 radical (unpaired) electrons. The molecule has 0 saturated heterocycles. The lowest BCUT2D eigenvalue weighted by molar-refractivity contribution is 0.974. The molecular weight excluding hydrogens is 264 g/mol. The van der Waals surface area contributed by atoms with Gasteiger partial charge in [0.1, 0.15) is 0 Å². The molecular formula is C15H14N6. The third kappa shape index (κ3) is 4.01.